The smallest absolute Gasteiger partial charge is 0.270 e. The molecule has 98 valence electrons. The van der Waals surface area contributed by atoms with Crippen molar-refractivity contribution < 1.29 is 9.66 Å². The standard InChI is InChI=1S/C13H18N2O3/c1-14-8-11-7-12(15(16)17)5-6-13(11)18-9-10-3-2-4-10/h5-7,10,14H,2-4,8-9H2,1H3. The molecule has 1 fully saturated rings. The summed E-state index contributed by atoms with van der Waals surface area (Å²) >= 11 is 0. The number of benzene rings is 1. The first kappa shape index (κ1) is 12.8. The molecule has 1 aromatic rings. The van der Waals surface area contributed by atoms with Gasteiger partial charge in [0.25, 0.3) is 5.69 Å². The van der Waals surface area contributed by atoms with Gasteiger partial charge in [-0.2, -0.15) is 0 Å². The zero-order valence-electron chi connectivity index (χ0n) is 10.5. The summed E-state index contributed by atoms with van der Waals surface area (Å²) in [5, 5.41) is 13.7. The van der Waals surface area contributed by atoms with Crippen LogP contribution in [0.4, 0.5) is 5.69 Å². The minimum atomic E-state index is -0.380. The van der Waals surface area contributed by atoms with E-state index < -0.39 is 0 Å². The predicted molar refractivity (Wildman–Crippen MR) is 68.7 cm³/mol. The summed E-state index contributed by atoms with van der Waals surface area (Å²) in [6.45, 7) is 1.29. The van der Waals surface area contributed by atoms with Gasteiger partial charge >= 0.3 is 0 Å². The van der Waals surface area contributed by atoms with Gasteiger partial charge in [-0.05, 0) is 31.9 Å². The molecule has 2 rings (SSSR count). The third kappa shape index (κ3) is 2.98. The summed E-state index contributed by atoms with van der Waals surface area (Å²) in [5.74, 6) is 1.41. The number of nitrogens with one attached hydrogen (secondary N) is 1. The van der Waals surface area contributed by atoms with Crippen LogP contribution in [0.15, 0.2) is 18.2 Å². The van der Waals surface area contributed by atoms with Crippen LogP contribution < -0.4 is 10.1 Å². The maximum atomic E-state index is 10.7. The molecule has 0 aliphatic heterocycles. The highest BCUT2D eigenvalue weighted by molar-refractivity contribution is 5.43. The minimum Gasteiger partial charge on any atom is -0.493 e. The molecular formula is C13H18N2O3. The Morgan fingerprint density at radius 1 is 1.50 bits per heavy atom. The van der Waals surface area contributed by atoms with E-state index in [-0.39, 0.29) is 10.6 Å². The van der Waals surface area contributed by atoms with Crippen LogP contribution in [-0.2, 0) is 6.54 Å². The highest BCUT2D eigenvalue weighted by Gasteiger charge is 2.19. The molecule has 0 aromatic heterocycles. The van der Waals surface area contributed by atoms with Crippen molar-refractivity contribution in [2.45, 2.75) is 25.8 Å². The molecule has 0 bridgehead atoms. The van der Waals surface area contributed by atoms with Gasteiger partial charge in [0.2, 0.25) is 0 Å². The zero-order chi connectivity index (χ0) is 13.0. The van der Waals surface area contributed by atoms with Gasteiger partial charge < -0.3 is 10.1 Å². The summed E-state index contributed by atoms with van der Waals surface area (Å²) in [6, 6.07) is 4.77. The largest absolute Gasteiger partial charge is 0.493 e. The highest BCUT2D eigenvalue weighted by Crippen LogP contribution is 2.29. The predicted octanol–water partition coefficient (Wildman–Crippen LogP) is 2.49. The van der Waals surface area contributed by atoms with Gasteiger partial charge in [0.1, 0.15) is 5.75 Å². The van der Waals surface area contributed by atoms with Gasteiger partial charge in [0.05, 0.1) is 11.5 Å². The van der Waals surface area contributed by atoms with Crippen molar-refractivity contribution in [2.24, 2.45) is 5.92 Å². The van der Waals surface area contributed by atoms with Crippen LogP contribution in [0.2, 0.25) is 0 Å². The molecule has 0 unspecified atom stereocenters. The lowest BCUT2D eigenvalue weighted by Gasteiger charge is -2.25. The Kier molecular flexibility index (Phi) is 4.15. The van der Waals surface area contributed by atoms with Gasteiger partial charge in [-0.3, -0.25) is 10.1 Å². The summed E-state index contributed by atoms with van der Waals surface area (Å²) in [4.78, 5) is 10.4. The summed E-state index contributed by atoms with van der Waals surface area (Å²) in [5.41, 5.74) is 0.947. The number of rotatable bonds is 6. The SMILES string of the molecule is CNCc1cc([N+](=O)[O-])ccc1OCC1CCC1. The van der Waals surface area contributed by atoms with Crippen molar-refractivity contribution in [1.82, 2.24) is 5.32 Å². The molecule has 0 radical (unpaired) electrons. The third-order valence-electron chi connectivity index (χ3n) is 3.32. The first-order chi connectivity index (χ1) is 8.70. The van der Waals surface area contributed by atoms with Crippen molar-refractivity contribution in [2.75, 3.05) is 13.7 Å². The molecule has 18 heavy (non-hydrogen) atoms. The van der Waals surface area contributed by atoms with Crippen molar-refractivity contribution in [3.63, 3.8) is 0 Å². The average Bonchev–Trinajstić information content (AvgIpc) is 2.29. The molecule has 1 aliphatic rings. The molecule has 1 N–H and O–H groups in total. The van der Waals surface area contributed by atoms with Crippen molar-refractivity contribution in [3.8, 4) is 5.75 Å². The second kappa shape index (κ2) is 5.82. The monoisotopic (exact) mass is 250 g/mol. The summed E-state index contributed by atoms with van der Waals surface area (Å²) in [6.07, 6.45) is 3.75. The van der Waals surface area contributed by atoms with E-state index >= 15 is 0 Å². The van der Waals surface area contributed by atoms with E-state index in [1.807, 2.05) is 7.05 Å². The third-order valence-corrected chi connectivity index (χ3v) is 3.32. The molecule has 0 saturated heterocycles. The molecule has 1 aliphatic carbocycles. The van der Waals surface area contributed by atoms with Crippen LogP contribution in [-0.4, -0.2) is 18.6 Å². The molecule has 0 atom stereocenters. The number of ether oxygens (including phenoxy) is 1. The quantitative estimate of drug-likeness (QED) is 0.622. The number of nitrogens with zero attached hydrogens (tertiary/aromatic N) is 1. The van der Waals surface area contributed by atoms with E-state index in [1.54, 1.807) is 12.1 Å². The lowest BCUT2D eigenvalue weighted by molar-refractivity contribution is -0.384. The van der Waals surface area contributed by atoms with E-state index in [0.717, 1.165) is 11.3 Å². The minimum absolute atomic E-state index is 0.108. The lowest BCUT2D eigenvalue weighted by atomic mass is 9.86. The van der Waals surface area contributed by atoms with Crippen LogP contribution in [0.1, 0.15) is 24.8 Å². The fourth-order valence-electron chi connectivity index (χ4n) is 2.02. The maximum absolute atomic E-state index is 10.7. The fraction of sp³-hybridized carbons (Fsp3) is 0.538. The van der Waals surface area contributed by atoms with E-state index in [0.29, 0.717) is 19.1 Å². The maximum Gasteiger partial charge on any atom is 0.270 e. The van der Waals surface area contributed by atoms with Gasteiger partial charge in [0, 0.05) is 24.2 Å². The zero-order valence-corrected chi connectivity index (χ0v) is 10.5. The van der Waals surface area contributed by atoms with Gasteiger partial charge in [-0.25, -0.2) is 0 Å². The number of hydrogen-bond acceptors (Lipinski definition) is 4. The van der Waals surface area contributed by atoms with Crippen LogP contribution in [0.5, 0.6) is 5.75 Å². The van der Waals surface area contributed by atoms with Crippen LogP contribution in [0, 0.1) is 16.0 Å². The van der Waals surface area contributed by atoms with Crippen LogP contribution in [0.3, 0.4) is 0 Å². The second-order valence-electron chi connectivity index (χ2n) is 4.69. The van der Waals surface area contributed by atoms with E-state index in [2.05, 4.69) is 5.32 Å². The van der Waals surface area contributed by atoms with Crippen molar-refractivity contribution >= 4 is 5.69 Å². The normalized spacial score (nSPS) is 15.2. The van der Waals surface area contributed by atoms with Crippen LogP contribution >= 0.6 is 0 Å². The Balaban J connectivity index is 2.08. The van der Waals surface area contributed by atoms with Gasteiger partial charge in [-0.15, -0.1) is 0 Å². The molecular weight excluding hydrogens is 232 g/mol. The van der Waals surface area contributed by atoms with Crippen LogP contribution in [0.25, 0.3) is 0 Å². The highest BCUT2D eigenvalue weighted by atomic mass is 16.6. The topological polar surface area (TPSA) is 64.4 Å². The molecule has 0 spiro atoms. The van der Waals surface area contributed by atoms with Crippen molar-refractivity contribution in [1.29, 1.82) is 0 Å². The Morgan fingerprint density at radius 2 is 2.28 bits per heavy atom. The van der Waals surface area contributed by atoms with E-state index in [1.165, 1.54) is 25.3 Å². The van der Waals surface area contributed by atoms with Crippen molar-refractivity contribution in [3.05, 3.63) is 33.9 Å². The average molecular weight is 250 g/mol. The number of non-ortho nitro benzene ring substituents is 1. The first-order valence-corrected chi connectivity index (χ1v) is 6.25. The summed E-state index contributed by atoms with van der Waals surface area (Å²) in [7, 11) is 1.81. The number of hydrogen-bond donors (Lipinski definition) is 1. The molecule has 5 nitrogen and oxygen atoms in total. The number of nitro groups is 1. The Bertz CT molecular complexity index is 430. The molecule has 0 amide bonds. The first-order valence-electron chi connectivity index (χ1n) is 6.25. The van der Waals surface area contributed by atoms with Gasteiger partial charge in [-0.1, -0.05) is 6.42 Å². The lowest BCUT2D eigenvalue weighted by Crippen LogP contribution is -2.20. The Labute approximate surface area is 106 Å². The van der Waals surface area contributed by atoms with E-state index in [9.17, 15) is 10.1 Å². The Morgan fingerprint density at radius 3 is 2.83 bits per heavy atom. The van der Waals surface area contributed by atoms with E-state index in [4.69, 9.17) is 4.74 Å². The Hall–Kier alpha value is -1.62. The van der Waals surface area contributed by atoms with Gasteiger partial charge in [0.15, 0.2) is 0 Å². The number of nitro benzene ring substituents is 1. The summed E-state index contributed by atoms with van der Waals surface area (Å²) < 4.78 is 5.77. The molecule has 1 saturated carbocycles. The molecule has 5 heteroatoms. The molecule has 0 heterocycles. The second-order valence-corrected chi connectivity index (χ2v) is 4.69. The molecule has 1 aromatic carbocycles. The fourth-order valence-corrected chi connectivity index (χ4v) is 2.02.